The van der Waals surface area contributed by atoms with Crippen LogP contribution in [0, 0.1) is 0 Å². The lowest BCUT2D eigenvalue weighted by Crippen LogP contribution is -2.31. The maximum atomic E-state index is 8.73. The van der Waals surface area contributed by atoms with Gasteiger partial charge in [0.2, 0.25) is 6.39 Å². The van der Waals surface area contributed by atoms with Crippen LogP contribution in [0.3, 0.4) is 0 Å². The second kappa shape index (κ2) is 5.72. The molecule has 80 valence electrons. The molecular formula is C9H17N3O2. The number of aromatic nitrogens is 2. The van der Waals surface area contributed by atoms with Crippen molar-refractivity contribution in [3.8, 4) is 0 Å². The molecule has 0 bridgehead atoms. The van der Waals surface area contributed by atoms with Crippen LogP contribution >= 0.6 is 0 Å². The number of aliphatic hydroxyl groups is 1. The molecule has 0 amide bonds. The highest BCUT2D eigenvalue weighted by Crippen LogP contribution is 2.16. The highest BCUT2D eigenvalue weighted by atomic mass is 16.5. The topological polar surface area (TPSA) is 71.2 Å². The number of nitrogens with one attached hydrogen (secondary N) is 1. The molecule has 1 aliphatic rings. The summed E-state index contributed by atoms with van der Waals surface area (Å²) in [7, 11) is 2.03. The lowest BCUT2D eigenvalue weighted by molar-refractivity contribution is 0.184. The van der Waals surface area contributed by atoms with Crippen molar-refractivity contribution in [1.82, 2.24) is 15.5 Å². The Morgan fingerprint density at radius 3 is 2.50 bits per heavy atom. The van der Waals surface area contributed by atoms with E-state index in [-0.39, 0.29) is 0 Å². The number of rotatable bonds is 2. The van der Waals surface area contributed by atoms with Crippen LogP contribution in [0.1, 0.15) is 38.1 Å². The van der Waals surface area contributed by atoms with Gasteiger partial charge in [0.15, 0.2) is 5.82 Å². The molecule has 1 aliphatic carbocycles. The quantitative estimate of drug-likeness (QED) is 0.740. The Kier molecular flexibility index (Phi) is 4.55. The van der Waals surface area contributed by atoms with E-state index in [4.69, 9.17) is 5.11 Å². The molecule has 0 radical (unpaired) electrons. The van der Waals surface area contributed by atoms with Gasteiger partial charge in [-0.2, -0.15) is 4.98 Å². The van der Waals surface area contributed by atoms with Crippen LogP contribution in [0.2, 0.25) is 0 Å². The fourth-order valence-corrected chi connectivity index (χ4v) is 1.06. The molecule has 1 fully saturated rings. The fraction of sp³-hybridized carbons (Fsp3) is 0.778. The minimum absolute atomic E-state index is 0.324. The minimum atomic E-state index is -0.631. The Morgan fingerprint density at radius 2 is 2.36 bits per heavy atom. The standard InChI is InChI=1S/C5H11N.C4H6N2O2/c1-6-5-3-2-4-5;1-3(7)4-5-2-8-6-4/h5-6H,2-4H2,1H3;2-3,7H,1H3. The molecule has 1 unspecified atom stereocenters. The van der Waals surface area contributed by atoms with Crippen LogP contribution in [0.4, 0.5) is 0 Å². The summed E-state index contributed by atoms with van der Waals surface area (Å²) < 4.78 is 4.35. The third-order valence-corrected chi connectivity index (χ3v) is 2.27. The van der Waals surface area contributed by atoms with E-state index in [1.807, 2.05) is 7.05 Å². The smallest absolute Gasteiger partial charge is 0.213 e. The van der Waals surface area contributed by atoms with Crippen molar-refractivity contribution < 1.29 is 9.63 Å². The van der Waals surface area contributed by atoms with Crippen molar-refractivity contribution in [3.05, 3.63) is 12.2 Å². The van der Waals surface area contributed by atoms with Crippen LogP contribution in [0.5, 0.6) is 0 Å². The third-order valence-electron chi connectivity index (χ3n) is 2.27. The highest BCUT2D eigenvalue weighted by molar-refractivity contribution is 4.80. The monoisotopic (exact) mass is 199 g/mol. The van der Waals surface area contributed by atoms with Crippen molar-refractivity contribution in [2.45, 2.75) is 38.3 Å². The predicted octanol–water partition coefficient (Wildman–Crippen LogP) is 0.881. The summed E-state index contributed by atoms with van der Waals surface area (Å²) in [5, 5.41) is 15.3. The van der Waals surface area contributed by atoms with Crippen LogP contribution in [0.25, 0.3) is 0 Å². The van der Waals surface area contributed by atoms with Gasteiger partial charge in [-0.25, -0.2) is 0 Å². The normalized spacial score (nSPS) is 17.9. The maximum Gasteiger partial charge on any atom is 0.213 e. The first kappa shape index (κ1) is 11.1. The van der Waals surface area contributed by atoms with Crippen LogP contribution in [0.15, 0.2) is 10.9 Å². The average molecular weight is 199 g/mol. The number of aliphatic hydroxyl groups excluding tert-OH is 1. The van der Waals surface area contributed by atoms with E-state index in [1.165, 1.54) is 25.7 Å². The summed E-state index contributed by atoms with van der Waals surface area (Å²) in [5.41, 5.74) is 0. The van der Waals surface area contributed by atoms with E-state index < -0.39 is 6.10 Å². The van der Waals surface area contributed by atoms with E-state index in [0.29, 0.717) is 5.82 Å². The summed E-state index contributed by atoms with van der Waals surface area (Å²) in [5.74, 6) is 0.324. The molecule has 1 atom stereocenters. The molecule has 0 aromatic carbocycles. The van der Waals surface area contributed by atoms with Crippen molar-refractivity contribution in [2.24, 2.45) is 0 Å². The Labute approximate surface area is 83.5 Å². The summed E-state index contributed by atoms with van der Waals surface area (Å²) in [6.07, 6.45) is 4.79. The Morgan fingerprint density at radius 1 is 1.64 bits per heavy atom. The lowest BCUT2D eigenvalue weighted by atomic mass is 9.94. The van der Waals surface area contributed by atoms with Crippen molar-refractivity contribution in [2.75, 3.05) is 7.05 Å². The third kappa shape index (κ3) is 3.43. The van der Waals surface area contributed by atoms with Gasteiger partial charge < -0.3 is 14.9 Å². The Bertz CT molecular complexity index is 229. The van der Waals surface area contributed by atoms with Crippen LogP contribution in [-0.2, 0) is 0 Å². The Balaban J connectivity index is 0.000000146. The number of hydrogen-bond donors (Lipinski definition) is 2. The fourth-order valence-electron chi connectivity index (χ4n) is 1.06. The van der Waals surface area contributed by atoms with E-state index in [0.717, 1.165) is 6.04 Å². The van der Waals surface area contributed by atoms with Crippen molar-refractivity contribution in [1.29, 1.82) is 0 Å². The van der Waals surface area contributed by atoms with Gasteiger partial charge in [0, 0.05) is 6.04 Å². The van der Waals surface area contributed by atoms with Crippen LogP contribution in [-0.4, -0.2) is 28.3 Å². The molecule has 2 N–H and O–H groups in total. The van der Waals surface area contributed by atoms with E-state index in [9.17, 15) is 0 Å². The molecule has 1 heterocycles. The predicted molar refractivity (Wildman–Crippen MR) is 51.6 cm³/mol. The SMILES string of the molecule is CC(O)c1ncon1.CNC1CCC1. The maximum absolute atomic E-state index is 8.73. The first-order chi connectivity index (χ1) is 6.74. The second-order valence-electron chi connectivity index (χ2n) is 3.38. The van der Waals surface area contributed by atoms with Crippen LogP contribution < -0.4 is 5.32 Å². The Hall–Kier alpha value is -0.940. The average Bonchev–Trinajstić information content (AvgIpc) is 2.54. The summed E-state index contributed by atoms with van der Waals surface area (Å²) in [6.45, 7) is 1.57. The largest absolute Gasteiger partial charge is 0.385 e. The zero-order valence-electron chi connectivity index (χ0n) is 8.60. The molecule has 1 aromatic heterocycles. The summed E-state index contributed by atoms with van der Waals surface area (Å²) >= 11 is 0. The molecule has 5 heteroatoms. The molecule has 0 aliphatic heterocycles. The molecule has 0 saturated heterocycles. The summed E-state index contributed by atoms with van der Waals surface area (Å²) in [4.78, 5) is 3.59. The zero-order valence-corrected chi connectivity index (χ0v) is 8.60. The van der Waals surface area contributed by atoms with Gasteiger partial charge in [0.05, 0.1) is 0 Å². The van der Waals surface area contributed by atoms with Gasteiger partial charge in [-0.05, 0) is 26.8 Å². The molecule has 5 nitrogen and oxygen atoms in total. The van der Waals surface area contributed by atoms with Gasteiger partial charge in [-0.3, -0.25) is 0 Å². The van der Waals surface area contributed by atoms with E-state index in [2.05, 4.69) is 20.0 Å². The molecule has 2 rings (SSSR count). The van der Waals surface area contributed by atoms with Crippen molar-refractivity contribution >= 4 is 0 Å². The molecule has 1 aromatic rings. The first-order valence-electron chi connectivity index (χ1n) is 4.85. The van der Waals surface area contributed by atoms with Gasteiger partial charge in [-0.15, -0.1) is 0 Å². The van der Waals surface area contributed by atoms with Gasteiger partial charge in [0.25, 0.3) is 0 Å². The molecule has 1 saturated carbocycles. The molecule has 14 heavy (non-hydrogen) atoms. The molecular weight excluding hydrogens is 182 g/mol. The van der Waals surface area contributed by atoms with Gasteiger partial charge >= 0.3 is 0 Å². The summed E-state index contributed by atoms with van der Waals surface area (Å²) in [6, 6.07) is 0.866. The highest BCUT2D eigenvalue weighted by Gasteiger charge is 2.13. The second-order valence-corrected chi connectivity index (χ2v) is 3.38. The number of hydrogen-bond acceptors (Lipinski definition) is 5. The van der Waals surface area contributed by atoms with Gasteiger partial charge in [-0.1, -0.05) is 11.6 Å². The lowest BCUT2D eigenvalue weighted by Gasteiger charge is -2.23. The zero-order chi connectivity index (χ0) is 10.4. The van der Waals surface area contributed by atoms with Crippen molar-refractivity contribution in [3.63, 3.8) is 0 Å². The molecule has 0 spiro atoms. The number of nitrogens with zero attached hydrogens (tertiary/aromatic N) is 2. The minimum Gasteiger partial charge on any atom is -0.385 e. The van der Waals surface area contributed by atoms with E-state index in [1.54, 1.807) is 6.92 Å². The van der Waals surface area contributed by atoms with Gasteiger partial charge in [0.1, 0.15) is 6.10 Å². The van der Waals surface area contributed by atoms with E-state index >= 15 is 0 Å². The first-order valence-corrected chi connectivity index (χ1v) is 4.85.